The zero-order valence-electron chi connectivity index (χ0n) is 14.2. The molecule has 2 bridgehead atoms. The standard InChI is InChI=1S/C18H21NO5S/c1-3-24-18(23)12-8-9(2)25-16(12)19-15(20)13-10-4-6-11(7-5-10)14(13)17(21)22/h4,6,8,10-11,13-14H,3,5,7H2,1-2H3,(H,19,20)(H,21,22)/t10-,11-,13+,14+/m0/s1. The number of allylic oxidation sites excluding steroid dienone is 2. The average Bonchev–Trinajstić information content (AvgIpc) is 2.95. The third-order valence-electron chi connectivity index (χ3n) is 4.92. The first-order chi connectivity index (χ1) is 11.9. The van der Waals surface area contributed by atoms with Crippen LogP contribution in [0.15, 0.2) is 18.2 Å². The van der Waals surface area contributed by atoms with Crippen molar-refractivity contribution in [2.24, 2.45) is 23.7 Å². The van der Waals surface area contributed by atoms with Crippen LogP contribution in [0.2, 0.25) is 0 Å². The van der Waals surface area contributed by atoms with E-state index in [1.807, 2.05) is 19.1 Å². The molecule has 1 heterocycles. The van der Waals surface area contributed by atoms with Crippen molar-refractivity contribution in [2.45, 2.75) is 26.7 Å². The summed E-state index contributed by atoms with van der Waals surface area (Å²) in [5.74, 6) is -3.26. The Balaban J connectivity index is 1.84. The number of hydrogen-bond donors (Lipinski definition) is 2. The number of aliphatic carboxylic acids is 1. The van der Waals surface area contributed by atoms with E-state index in [1.165, 1.54) is 11.3 Å². The SMILES string of the molecule is CCOC(=O)c1cc(C)sc1NC(=O)[C@H]1[C@H](C(=O)O)[C@H]2C=C[C@H]1CC2. The Morgan fingerprint density at radius 2 is 1.88 bits per heavy atom. The molecule has 4 atom stereocenters. The number of fused-ring (bicyclic) bond motifs is 2. The maximum atomic E-state index is 12.9. The van der Waals surface area contributed by atoms with Gasteiger partial charge in [0.1, 0.15) is 5.00 Å². The summed E-state index contributed by atoms with van der Waals surface area (Å²) in [5.41, 5.74) is 0.320. The van der Waals surface area contributed by atoms with Gasteiger partial charge in [0, 0.05) is 4.88 Å². The smallest absolute Gasteiger partial charge is 0.341 e. The molecule has 1 saturated carbocycles. The first-order valence-corrected chi connectivity index (χ1v) is 9.23. The monoisotopic (exact) mass is 363 g/mol. The molecule has 1 amide bonds. The summed E-state index contributed by atoms with van der Waals surface area (Å²) in [6.45, 7) is 3.81. The Labute approximate surface area is 149 Å². The van der Waals surface area contributed by atoms with Gasteiger partial charge in [-0.2, -0.15) is 0 Å². The van der Waals surface area contributed by atoms with E-state index < -0.39 is 23.8 Å². The van der Waals surface area contributed by atoms with E-state index in [0.29, 0.717) is 10.6 Å². The molecule has 1 aromatic rings. The van der Waals surface area contributed by atoms with E-state index in [9.17, 15) is 19.5 Å². The molecule has 1 aromatic heterocycles. The van der Waals surface area contributed by atoms with Crippen molar-refractivity contribution in [3.05, 3.63) is 28.7 Å². The first-order valence-electron chi connectivity index (χ1n) is 8.42. The molecule has 0 spiro atoms. The van der Waals surface area contributed by atoms with Gasteiger partial charge in [-0.3, -0.25) is 9.59 Å². The summed E-state index contributed by atoms with van der Waals surface area (Å²) in [6, 6.07) is 1.68. The van der Waals surface area contributed by atoms with E-state index >= 15 is 0 Å². The van der Waals surface area contributed by atoms with Gasteiger partial charge in [0.15, 0.2) is 0 Å². The van der Waals surface area contributed by atoms with Crippen LogP contribution in [-0.2, 0) is 14.3 Å². The molecule has 0 aliphatic heterocycles. The van der Waals surface area contributed by atoms with Crippen molar-refractivity contribution in [3.63, 3.8) is 0 Å². The van der Waals surface area contributed by atoms with Gasteiger partial charge in [0.25, 0.3) is 0 Å². The van der Waals surface area contributed by atoms with Crippen molar-refractivity contribution < 1.29 is 24.2 Å². The van der Waals surface area contributed by atoms with Gasteiger partial charge in [-0.25, -0.2) is 4.79 Å². The second-order valence-corrected chi connectivity index (χ2v) is 7.75. The van der Waals surface area contributed by atoms with Gasteiger partial charge >= 0.3 is 11.9 Å². The van der Waals surface area contributed by atoms with Crippen LogP contribution in [0.5, 0.6) is 0 Å². The minimum absolute atomic E-state index is 0.0711. The summed E-state index contributed by atoms with van der Waals surface area (Å²) < 4.78 is 5.03. The largest absolute Gasteiger partial charge is 0.481 e. The number of rotatable bonds is 5. The Hall–Kier alpha value is -2.15. The molecule has 7 heteroatoms. The molecule has 1 fully saturated rings. The predicted octanol–water partition coefficient (Wildman–Crippen LogP) is 3.08. The van der Waals surface area contributed by atoms with E-state index in [2.05, 4.69) is 5.32 Å². The number of anilines is 1. The topological polar surface area (TPSA) is 92.7 Å². The number of nitrogens with one attached hydrogen (secondary N) is 1. The van der Waals surface area contributed by atoms with E-state index in [4.69, 9.17) is 4.74 Å². The molecule has 2 N–H and O–H groups in total. The van der Waals surface area contributed by atoms with Crippen LogP contribution >= 0.6 is 11.3 Å². The fraction of sp³-hybridized carbons (Fsp3) is 0.500. The van der Waals surface area contributed by atoms with Gasteiger partial charge < -0.3 is 15.2 Å². The molecule has 25 heavy (non-hydrogen) atoms. The summed E-state index contributed by atoms with van der Waals surface area (Å²) in [4.78, 5) is 37.5. The third-order valence-corrected chi connectivity index (χ3v) is 5.89. The van der Waals surface area contributed by atoms with Gasteiger partial charge in [-0.15, -0.1) is 11.3 Å². The van der Waals surface area contributed by atoms with Crippen LogP contribution < -0.4 is 5.32 Å². The quantitative estimate of drug-likeness (QED) is 0.619. The van der Waals surface area contributed by atoms with E-state index in [-0.39, 0.29) is 24.3 Å². The van der Waals surface area contributed by atoms with E-state index in [1.54, 1.807) is 13.0 Å². The number of ether oxygens (including phenoxy) is 1. The van der Waals surface area contributed by atoms with Crippen LogP contribution in [0, 0.1) is 30.6 Å². The second-order valence-electron chi connectivity index (χ2n) is 6.49. The highest BCUT2D eigenvalue weighted by Gasteiger charge is 2.48. The van der Waals surface area contributed by atoms with E-state index in [0.717, 1.165) is 17.7 Å². The Morgan fingerprint density at radius 1 is 1.24 bits per heavy atom. The maximum Gasteiger partial charge on any atom is 0.341 e. The Morgan fingerprint density at radius 3 is 2.44 bits per heavy atom. The number of carbonyl (C=O) groups excluding carboxylic acids is 2. The Bertz CT molecular complexity index is 738. The van der Waals surface area contributed by atoms with Crippen molar-refractivity contribution in [1.82, 2.24) is 0 Å². The zero-order valence-corrected chi connectivity index (χ0v) is 15.0. The van der Waals surface area contributed by atoms with Gasteiger partial charge in [0.2, 0.25) is 5.91 Å². The molecular formula is C18H21NO5S. The summed E-state index contributed by atoms with van der Waals surface area (Å²) in [6.07, 6.45) is 5.51. The van der Waals surface area contributed by atoms with Crippen LogP contribution in [0.4, 0.5) is 5.00 Å². The molecule has 134 valence electrons. The summed E-state index contributed by atoms with van der Waals surface area (Å²) >= 11 is 1.29. The summed E-state index contributed by atoms with van der Waals surface area (Å²) in [7, 11) is 0. The van der Waals surface area contributed by atoms with Crippen molar-refractivity contribution in [1.29, 1.82) is 0 Å². The predicted molar refractivity (Wildman–Crippen MR) is 93.6 cm³/mol. The third kappa shape index (κ3) is 3.33. The Kier molecular flexibility index (Phi) is 4.94. The number of esters is 1. The highest BCUT2D eigenvalue weighted by molar-refractivity contribution is 7.16. The van der Waals surface area contributed by atoms with Crippen molar-refractivity contribution >= 4 is 34.2 Å². The molecule has 0 unspecified atom stereocenters. The number of carboxylic acids is 1. The van der Waals surface area contributed by atoms with Gasteiger partial charge in [0.05, 0.1) is 24.0 Å². The highest BCUT2D eigenvalue weighted by atomic mass is 32.1. The average molecular weight is 363 g/mol. The lowest BCUT2D eigenvalue weighted by atomic mass is 9.62. The zero-order chi connectivity index (χ0) is 18.1. The lowest BCUT2D eigenvalue weighted by Crippen LogP contribution is -2.47. The number of aryl methyl sites for hydroxylation is 1. The van der Waals surface area contributed by atoms with Gasteiger partial charge in [-0.1, -0.05) is 12.2 Å². The van der Waals surface area contributed by atoms with Crippen LogP contribution in [0.25, 0.3) is 0 Å². The lowest BCUT2D eigenvalue weighted by Gasteiger charge is -2.41. The molecule has 0 aromatic carbocycles. The molecule has 4 rings (SSSR count). The fourth-order valence-electron chi connectivity index (χ4n) is 3.85. The minimum atomic E-state index is -0.938. The summed E-state index contributed by atoms with van der Waals surface area (Å²) in [5, 5.41) is 12.8. The highest BCUT2D eigenvalue weighted by Crippen LogP contribution is 2.45. The van der Waals surface area contributed by atoms with Crippen LogP contribution in [0.3, 0.4) is 0 Å². The number of carboxylic acid groups (broad SMARTS) is 1. The number of thiophene rings is 1. The number of carbonyl (C=O) groups is 3. The number of amides is 1. The number of hydrogen-bond acceptors (Lipinski definition) is 5. The molecule has 3 aliphatic carbocycles. The first kappa shape index (κ1) is 17.7. The molecule has 0 saturated heterocycles. The lowest BCUT2D eigenvalue weighted by molar-refractivity contribution is -0.151. The van der Waals surface area contributed by atoms with Gasteiger partial charge in [-0.05, 0) is 44.6 Å². The maximum absolute atomic E-state index is 12.9. The van der Waals surface area contributed by atoms with Crippen molar-refractivity contribution in [3.8, 4) is 0 Å². The minimum Gasteiger partial charge on any atom is -0.481 e. The van der Waals surface area contributed by atoms with Crippen molar-refractivity contribution in [2.75, 3.05) is 11.9 Å². The molecule has 0 radical (unpaired) electrons. The molecular weight excluding hydrogens is 342 g/mol. The van der Waals surface area contributed by atoms with Crippen LogP contribution in [-0.4, -0.2) is 29.6 Å². The second kappa shape index (κ2) is 7.00. The molecule has 6 nitrogen and oxygen atoms in total. The molecule has 3 aliphatic rings. The van der Waals surface area contributed by atoms with Crippen LogP contribution in [0.1, 0.15) is 35.0 Å². The fourth-order valence-corrected chi connectivity index (χ4v) is 4.75. The normalized spacial score (nSPS) is 27.1.